The minimum atomic E-state index is 0.138. The maximum absolute atomic E-state index is 12.8. The number of thioether (sulfide) groups is 1. The molecule has 0 saturated heterocycles. The Morgan fingerprint density at radius 2 is 1.93 bits per heavy atom. The van der Waals surface area contributed by atoms with Gasteiger partial charge < -0.3 is 13.9 Å². The maximum atomic E-state index is 12.8. The van der Waals surface area contributed by atoms with Gasteiger partial charge in [-0.05, 0) is 57.0 Å². The van der Waals surface area contributed by atoms with Crippen molar-refractivity contribution < 1.29 is 9.53 Å². The second kappa shape index (κ2) is 7.47. The molecule has 3 aromatic rings. The number of Topliss-reactive ketones (excluding diaryl/α,β-unsaturated/α-hetero) is 1. The lowest BCUT2D eigenvalue weighted by Gasteiger charge is -2.07. The summed E-state index contributed by atoms with van der Waals surface area (Å²) in [5, 5.41) is 9.30. The van der Waals surface area contributed by atoms with Gasteiger partial charge in [-0.25, -0.2) is 0 Å². The van der Waals surface area contributed by atoms with Crippen LogP contribution < -0.4 is 4.74 Å². The van der Waals surface area contributed by atoms with E-state index in [-0.39, 0.29) is 5.78 Å². The first kappa shape index (κ1) is 18.8. The van der Waals surface area contributed by atoms with Crippen LogP contribution in [0.4, 0.5) is 0 Å². The fraction of sp³-hybridized carbons (Fsp3) is 0.381. The number of carbonyl (C=O) groups excluding carboxylic acids is 1. The van der Waals surface area contributed by atoms with E-state index in [1.807, 2.05) is 48.9 Å². The van der Waals surface area contributed by atoms with Gasteiger partial charge in [0.15, 0.2) is 16.8 Å². The quantitative estimate of drug-likeness (QED) is 0.442. The molecule has 146 valence electrons. The molecule has 0 radical (unpaired) electrons. The van der Waals surface area contributed by atoms with E-state index in [1.165, 1.54) is 30.3 Å². The van der Waals surface area contributed by atoms with Crippen molar-refractivity contribution in [1.82, 2.24) is 19.3 Å². The number of ether oxygens (including phenoxy) is 1. The molecular formula is C21H24N4O2S. The molecular weight excluding hydrogens is 372 g/mol. The van der Waals surface area contributed by atoms with Gasteiger partial charge in [-0.15, -0.1) is 10.2 Å². The van der Waals surface area contributed by atoms with Crippen LogP contribution in [-0.4, -0.2) is 38.0 Å². The third-order valence-corrected chi connectivity index (χ3v) is 6.23. The number of aryl methyl sites for hydroxylation is 1. The lowest BCUT2D eigenvalue weighted by Crippen LogP contribution is -2.06. The molecule has 1 aliphatic rings. The van der Waals surface area contributed by atoms with Crippen molar-refractivity contribution in [3.05, 3.63) is 47.3 Å². The summed E-state index contributed by atoms with van der Waals surface area (Å²) in [6, 6.07) is 10.3. The zero-order valence-electron chi connectivity index (χ0n) is 16.6. The maximum Gasteiger partial charge on any atom is 0.191 e. The van der Waals surface area contributed by atoms with E-state index < -0.39 is 0 Å². The molecule has 1 fully saturated rings. The van der Waals surface area contributed by atoms with Crippen LogP contribution in [0.25, 0.3) is 11.4 Å². The predicted octanol–water partition coefficient (Wildman–Crippen LogP) is 4.22. The van der Waals surface area contributed by atoms with E-state index in [1.54, 1.807) is 7.11 Å². The SMILES string of the molecule is COc1ccc(-c2nnc(SCC(=O)c3cc(C)n(C4CC4)c3C)n2C)cc1. The topological polar surface area (TPSA) is 61.9 Å². The summed E-state index contributed by atoms with van der Waals surface area (Å²) in [5.74, 6) is 2.06. The highest BCUT2D eigenvalue weighted by Crippen LogP contribution is 2.38. The zero-order chi connectivity index (χ0) is 19.8. The molecule has 2 heterocycles. The van der Waals surface area contributed by atoms with Gasteiger partial charge in [0.25, 0.3) is 0 Å². The van der Waals surface area contributed by atoms with E-state index in [9.17, 15) is 4.79 Å². The predicted molar refractivity (Wildman–Crippen MR) is 110 cm³/mol. The first-order valence-corrected chi connectivity index (χ1v) is 10.4. The monoisotopic (exact) mass is 396 g/mol. The smallest absolute Gasteiger partial charge is 0.191 e. The Morgan fingerprint density at radius 1 is 1.21 bits per heavy atom. The highest BCUT2D eigenvalue weighted by Gasteiger charge is 2.28. The van der Waals surface area contributed by atoms with Crippen molar-refractivity contribution in [2.45, 2.75) is 37.9 Å². The molecule has 0 bridgehead atoms. The minimum Gasteiger partial charge on any atom is -0.497 e. The van der Waals surface area contributed by atoms with Crippen molar-refractivity contribution in [2.24, 2.45) is 7.05 Å². The average Bonchev–Trinajstić information content (AvgIpc) is 3.39. The summed E-state index contributed by atoms with van der Waals surface area (Å²) in [6.45, 7) is 4.13. The van der Waals surface area contributed by atoms with Crippen molar-refractivity contribution in [3.8, 4) is 17.1 Å². The lowest BCUT2D eigenvalue weighted by molar-refractivity contribution is 0.102. The van der Waals surface area contributed by atoms with E-state index in [0.29, 0.717) is 11.8 Å². The Morgan fingerprint density at radius 3 is 2.57 bits per heavy atom. The molecule has 1 aromatic carbocycles. The van der Waals surface area contributed by atoms with Gasteiger partial charge in [0.05, 0.1) is 12.9 Å². The first-order valence-electron chi connectivity index (χ1n) is 9.38. The summed E-state index contributed by atoms with van der Waals surface area (Å²) in [6.07, 6.45) is 2.43. The first-order chi connectivity index (χ1) is 13.5. The Kier molecular flexibility index (Phi) is 5.02. The van der Waals surface area contributed by atoms with E-state index in [4.69, 9.17) is 4.74 Å². The number of carbonyl (C=O) groups is 1. The van der Waals surface area contributed by atoms with Gasteiger partial charge in [0.1, 0.15) is 5.75 Å². The molecule has 0 aliphatic heterocycles. The van der Waals surface area contributed by atoms with Gasteiger partial charge >= 0.3 is 0 Å². The highest BCUT2D eigenvalue weighted by molar-refractivity contribution is 7.99. The summed E-state index contributed by atoms with van der Waals surface area (Å²) in [5.41, 5.74) is 4.05. The normalized spacial score (nSPS) is 13.7. The van der Waals surface area contributed by atoms with Crippen molar-refractivity contribution in [3.63, 3.8) is 0 Å². The second-order valence-electron chi connectivity index (χ2n) is 7.19. The number of hydrogen-bond acceptors (Lipinski definition) is 5. The molecule has 0 amide bonds. The fourth-order valence-electron chi connectivity index (χ4n) is 3.59. The van der Waals surface area contributed by atoms with Crippen molar-refractivity contribution >= 4 is 17.5 Å². The number of nitrogens with zero attached hydrogens (tertiary/aromatic N) is 4. The summed E-state index contributed by atoms with van der Waals surface area (Å²) >= 11 is 1.43. The van der Waals surface area contributed by atoms with Crippen LogP contribution >= 0.6 is 11.8 Å². The second-order valence-corrected chi connectivity index (χ2v) is 8.13. The van der Waals surface area contributed by atoms with Gasteiger partial charge in [-0.1, -0.05) is 11.8 Å². The standard InChI is InChI=1S/C21H24N4O2S/c1-13-11-18(14(2)25(13)16-7-8-16)19(26)12-28-21-23-22-20(24(21)3)15-5-9-17(27-4)10-6-15/h5-6,9-11,16H,7-8,12H2,1-4H3. The molecule has 1 saturated carbocycles. The molecule has 0 N–H and O–H groups in total. The summed E-state index contributed by atoms with van der Waals surface area (Å²) < 4.78 is 9.43. The zero-order valence-corrected chi connectivity index (χ0v) is 17.4. The summed E-state index contributed by atoms with van der Waals surface area (Å²) in [7, 11) is 3.57. The van der Waals surface area contributed by atoms with Gasteiger partial charge in [-0.2, -0.15) is 0 Å². The van der Waals surface area contributed by atoms with Crippen LogP contribution in [0.2, 0.25) is 0 Å². The van der Waals surface area contributed by atoms with Crippen LogP contribution in [0.15, 0.2) is 35.5 Å². The van der Waals surface area contributed by atoms with E-state index in [2.05, 4.69) is 21.7 Å². The van der Waals surface area contributed by atoms with Crippen LogP contribution in [0.1, 0.15) is 40.6 Å². The molecule has 0 spiro atoms. The number of aromatic nitrogens is 4. The number of rotatable bonds is 7. The van der Waals surface area contributed by atoms with Crippen LogP contribution in [0.3, 0.4) is 0 Å². The molecule has 0 unspecified atom stereocenters. The Bertz CT molecular complexity index is 1020. The lowest BCUT2D eigenvalue weighted by atomic mass is 10.2. The highest BCUT2D eigenvalue weighted by atomic mass is 32.2. The summed E-state index contributed by atoms with van der Waals surface area (Å²) in [4.78, 5) is 12.8. The van der Waals surface area contributed by atoms with Gasteiger partial charge in [-0.3, -0.25) is 4.79 Å². The van der Waals surface area contributed by atoms with Gasteiger partial charge in [0, 0.05) is 35.6 Å². The van der Waals surface area contributed by atoms with Crippen molar-refractivity contribution in [1.29, 1.82) is 0 Å². The third-order valence-electron chi connectivity index (χ3n) is 5.21. The fourth-order valence-corrected chi connectivity index (χ4v) is 4.39. The Balaban J connectivity index is 1.47. The van der Waals surface area contributed by atoms with Gasteiger partial charge in [0.2, 0.25) is 0 Å². The minimum absolute atomic E-state index is 0.138. The van der Waals surface area contributed by atoms with Crippen LogP contribution in [-0.2, 0) is 7.05 Å². The van der Waals surface area contributed by atoms with Crippen LogP contribution in [0, 0.1) is 13.8 Å². The molecule has 4 rings (SSSR count). The molecule has 6 nitrogen and oxygen atoms in total. The van der Waals surface area contributed by atoms with E-state index >= 15 is 0 Å². The molecule has 7 heteroatoms. The largest absolute Gasteiger partial charge is 0.497 e. The molecule has 28 heavy (non-hydrogen) atoms. The Labute approximate surface area is 168 Å². The number of ketones is 1. The van der Waals surface area contributed by atoms with Crippen LogP contribution in [0.5, 0.6) is 5.75 Å². The third kappa shape index (κ3) is 3.46. The Hall–Kier alpha value is -2.54. The van der Waals surface area contributed by atoms with Crippen molar-refractivity contribution in [2.75, 3.05) is 12.9 Å². The molecule has 1 aliphatic carbocycles. The average molecular weight is 397 g/mol. The number of methoxy groups -OCH3 is 1. The molecule has 2 aromatic heterocycles. The number of hydrogen-bond donors (Lipinski definition) is 0. The molecule has 0 atom stereocenters. The number of benzene rings is 1. The van der Waals surface area contributed by atoms with E-state index in [0.717, 1.165) is 33.6 Å².